The Balaban J connectivity index is 1.17. The smallest absolute Gasteiger partial charge is 0.255 e. The van der Waals surface area contributed by atoms with Crippen molar-refractivity contribution in [3.05, 3.63) is 65.1 Å². The second-order valence-corrected chi connectivity index (χ2v) is 9.73. The Morgan fingerprint density at radius 2 is 2.03 bits per heavy atom. The number of nitrogens with one attached hydrogen (secondary N) is 1. The lowest BCUT2D eigenvalue weighted by molar-refractivity contribution is -0.136. The number of fused-ring (bicyclic) bond motifs is 2. The van der Waals surface area contributed by atoms with Crippen LogP contribution in [0.5, 0.6) is 5.75 Å². The van der Waals surface area contributed by atoms with Gasteiger partial charge in [0, 0.05) is 55.5 Å². The van der Waals surface area contributed by atoms with Gasteiger partial charge in [-0.1, -0.05) is 12.1 Å². The van der Waals surface area contributed by atoms with Gasteiger partial charge in [0.25, 0.3) is 5.91 Å². The van der Waals surface area contributed by atoms with Gasteiger partial charge in [-0.3, -0.25) is 24.6 Å². The molecule has 1 unspecified atom stereocenters. The van der Waals surface area contributed by atoms with E-state index in [2.05, 4.69) is 25.8 Å². The summed E-state index contributed by atoms with van der Waals surface area (Å²) in [6.07, 6.45) is 5.56. The van der Waals surface area contributed by atoms with E-state index in [0.717, 1.165) is 61.7 Å². The Labute approximate surface area is 214 Å². The van der Waals surface area contributed by atoms with Crippen LogP contribution in [-0.2, 0) is 34.0 Å². The third kappa shape index (κ3) is 4.70. The van der Waals surface area contributed by atoms with Crippen molar-refractivity contribution in [2.24, 2.45) is 0 Å². The molecule has 2 fully saturated rings. The number of hydrogen-bond donors (Lipinski definition) is 1. The molecule has 3 aliphatic rings. The normalized spacial score (nSPS) is 20.7. The molecule has 3 amide bonds. The van der Waals surface area contributed by atoms with Crippen LogP contribution in [0.3, 0.4) is 0 Å². The number of piperidine rings is 1. The first-order chi connectivity index (χ1) is 18.1. The number of aromatic nitrogens is 2. The number of carbonyl (C=O) groups excluding carboxylic acids is 3. The Kier molecular flexibility index (Phi) is 6.35. The SMILES string of the molecule is O=C1CCC(N2Cc3c(OCc4ccc5ncc(CN6CCCOCC6)n5c4)cccc3C2=O)C(=O)N1. The van der Waals surface area contributed by atoms with Crippen LogP contribution in [0.1, 0.15) is 46.4 Å². The fourth-order valence-electron chi connectivity index (χ4n) is 5.32. The Bertz CT molecular complexity index is 1360. The predicted octanol–water partition coefficient (Wildman–Crippen LogP) is 1.90. The number of pyridine rings is 1. The van der Waals surface area contributed by atoms with Crippen molar-refractivity contribution < 1.29 is 23.9 Å². The molecule has 2 aromatic heterocycles. The van der Waals surface area contributed by atoms with Crippen LogP contribution in [0, 0.1) is 0 Å². The van der Waals surface area contributed by atoms with Crippen molar-refractivity contribution in [3.8, 4) is 5.75 Å². The van der Waals surface area contributed by atoms with E-state index in [4.69, 9.17) is 9.47 Å². The molecule has 37 heavy (non-hydrogen) atoms. The number of hydrogen-bond acceptors (Lipinski definition) is 7. The highest BCUT2D eigenvalue weighted by Gasteiger charge is 2.40. The zero-order valence-electron chi connectivity index (χ0n) is 20.5. The molecule has 192 valence electrons. The highest BCUT2D eigenvalue weighted by atomic mass is 16.5. The minimum atomic E-state index is -0.650. The predicted molar refractivity (Wildman–Crippen MR) is 133 cm³/mol. The molecule has 0 saturated carbocycles. The van der Waals surface area contributed by atoms with Crippen LogP contribution in [0.15, 0.2) is 42.7 Å². The minimum absolute atomic E-state index is 0.210. The first-order valence-electron chi connectivity index (χ1n) is 12.7. The second-order valence-electron chi connectivity index (χ2n) is 9.73. The lowest BCUT2D eigenvalue weighted by Crippen LogP contribution is -2.52. The van der Waals surface area contributed by atoms with Crippen LogP contribution in [-0.4, -0.2) is 69.3 Å². The molecular weight excluding hydrogens is 474 g/mol. The Morgan fingerprint density at radius 3 is 2.92 bits per heavy atom. The van der Waals surface area contributed by atoms with Crippen LogP contribution in [0.25, 0.3) is 5.65 Å². The summed E-state index contributed by atoms with van der Waals surface area (Å²) in [5.74, 6) is -0.306. The first kappa shape index (κ1) is 23.6. The molecule has 6 rings (SSSR count). The van der Waals surface area contributed by atoms with E-state index in [-0.39, 0.29) is 24.8 Å². The summed E-state index contributed by atoms with van der Waals surface area (Å²) < 4.78 is 13.9. The van der Waals surface area contributed by atoms with E-state index in [0.29, 0.717) is 24.3 Å². The fourth-order valence-corrected chi connectivity index (χ4v) is 5.32. The van der Waals surface area contributed by atoms with Crippen molar-refractivity contribution in [2.45, 2.75) is 45.0 Å². The van der Waals surface area contributed by atoms with E-state index < -0.39 is 11.9 Å². The number of ether oxygens (including phenoxy) is 2. The minimum Gasteiger partial charge on any atom is -0.488 e. The maximum Gasteiger partial charge on any atom is 0.255 e. The van der Waals surface area contributed by atoms with Gasteiger partial charge in [-0.15, -0.1) is 0 Å². The summed E-state index contributed by atoms with van der Waals surface area (Å²) in [6, 6.07) is 8.73. The average Bonchev–Trinajstić information content (AvgIpc) is 3.33. The van der Waals surface area contributed by atoms with Gasteiger partial charge >= 0.3 is 0 Å². The van der Waals surface area contributed by atoms with Gasteiger partial charge < -0.3 is 18.8 Å². The lowest BCUT2D eigenvalue weighted by Gasteiger charge is -2.29. The quantitative estimate of drug-likeness (QED) is 0.512. The summed E-state index contributed by atoms with van der Waals surface area (Å²) in [4.78, 5) is 45.5. The number of imidazole rings is 1. The van der Waals surface area contributed by atoms with Gasteiger partial charge in [0.1, 0.15) is 24.0 Å². The standard InChI is InChI=1S/C27H29N5O5/c33-25-8-6-22(26(34)29-25)32-16-21-20(27(32)35)3-1-4-23(21)37-17-18-5-7-24-28-13-19(31(24)14-18)15-30-9-2-11-36-12-10-30/h1,3-5,7,13-14,22H,2,6,8-12,15-17H2,(H,29,33,34). The largest absolute Gasteiger partial charge is 0.488 e. The summed E-state index contributed by atoms with van der Waals surface area (Å²) >= 11 is 0. The number of amides is 3. The van der Waals surface area contributed by atoms with Crippen LogP contribution < -0.4 is 10.1 Å². The van der Waals surface area contributed by atoms with Gasteiger partial charge in [-0.25, -0.2) is 4.98 Å². The number of nitrogens with zero attached hydrogens (tertiary/aromatic N) is 4. The van der Waals surface area contributed by atoms with E-state index >= 15 is 0 Å². The molecule has 10 heteroatoms. The van der Waals surface area contributed by atoms with Crippen LogP contribution in [0.4, 0.5) is 0 Å². The molecule has 0 aliphatic carbocycles. The lowest BCUT2D eigenvalue weighted by atomic mass is 10.0. The molecule has 5 heterocycles. The molecule has 0 radical (unpaired) electrons. The highest BCUT2D eigenvalue weighted by molar-refractivity contribution is 6.05. The molecule has 1 atom stereocenters. The van der Waals surface area contributed by atoms with Crippen molar-refractivity contribution in [1.29, 1.82) is 0 Å². The maximum atomic E-state index is 13.1. The topological polar surface area (TPSA) is 105 Å². The second kappa shape index (κ2) is 9.95. The van der Waals surface area contributed by atoms with Gasteiger partial charge in [0.05, 0.1) is 25.0 Å². The summed E-state index contributed by atoms with van der Waals surface area (Å²) in [7, 11) is 0. The zero-order chi connectivity index (χ0) is 25.4. The first-order valence-corrected chi connectivity index (χ1v) is 12.7. The molecule has 3 aromatic rings. The van der Waals surface area contributed by atoms with Gasteiger partial charge in [-0.2, -0.15) is 0 Å². The molecule has 1 N–H and O–H groups in total. The number of imide groups is 1. The van der Waals surface area contributed by atoms with Crippen molar-refractivity contribution >= 4 is 23.4 Å². The average molecular weight is 504 g/mol. The third-order valence-corrected chi connectivity index (χ3v) is 7.28. The van der Waals surface area contributed by atoms with Gasteiger partial charge in [0.15, 0.2) is 0 Å². The van der Waals surface area contributed by atoms with Crippen molar-refractivity contribution in [3.63, 3.8) is 0 Å². The monoisotopic (exact) mass is 503 g/mol. The third-order valence-electron chi connectivity index (χ3n) is 7.28. The Morgan fingerprint density at radius 1 is 1.11 bits per heavy atom. The molecule has 2 saturated heterocycles. The van der Waals surface area contributed by atoms with Gasteiger partial charge in [-0.05, 0) is 31.0 Å². The molecule has 3 aliphatic heterocycles. The van der Waals surface area contributed by atoms with E-state index in [9.17, 15) is 14.4 Å². The van der Waals surface area contributed by atoms with Gasteiger partial charge in [0.2, 0.25) is 11.8 Å². The zero-order valence-corrected chi connectivity index (χ0v) is 20.5. The van der Waals surface area contributed by atoms with Crippen LogP contribution in [0.2, 0.25) is 0 Å². The Hall–Kier alpha value is -3.76. The van der Waals surface area contributed by atoms with Crippen molar-refractivity contribution in [1.82, 2.24) is 24.5 Å². The molecule has 0 bridgehead atoms. The van der Waals surface area contributed by atoms with E-state index in [1.165, 1.54) is 4.90 Å². The summed E-state index contributed by atoms with van der Waals surface area (Å²) in [5.41, 5.74) is 4.29. The molecule has 0 spiro atoms. The van der Waals surface area contributed by atoms with E-state index in [1.54, 1.807) is 12.1 Å². The molecule has 1 aromatic carbocycles. The summed E-state index contributed by atoms with van der Waals surface area (Å²) in [6.45, 7) is 4.88. The maximum absolute atomic E-state index is 13.1. The number of carbonyl (C=O) groups is 3. The summed E-state index contributed by atoms with van der Waals surface area (Å²) in [5, 5.41) is 2.34. The highest BCUT2D eigenvalue weighted by Crippen LogP contribution is 2.34. The van der Waals surface area contributed by atoms with E-state index in [1.807, 2.05) is 24.4 Å². The van der Waals surface area contributed by atoms with Crippen LogP contribution >= 0.6 is 0 Å². The molecular formula is C27H29N5O5. The number of rotatable bonds is 6. The molecule has 10 nitrogen and oxygen atoms in total. The number of benzene rings is 1. The van der Waals surface area contributed by atoms with Crippen molar-refractivity contribution in [2.75, 3.05) is 26.3 Å². The fraction of sp³-hybridized carbons (Fsp3) is 0.407.